The lowest BCUT2D eigenvalue weighted by molar-refractivity contribution is -0.113. The van der Waals surface area contributed by atoms with E-state index in [4.69, 9.17) is 9.47 Å². The van der Waals surface area contributed by atoms with Crippen molar-refractivity contribution in [2.45, 2.75) is 13.8 Å². The number of carbonyl (C=O) groups excluding carboxylic acids is 1. The number of hydrogen-bond donors (Lipinski definition) is 0. The van der Waals surface area contributed by atoms with Gasteiger partial charge in [0.15, 0.2) is 11.5 Å². The summed E-state index contributed by atoms with van der Waals surface area (Å²) < 4.78 is 11.6. The Bertz CT molecular complexity index is 874. The molecule has 2 aromatic carbocycles. The van der Waals surface area contributed by atoms with Crippen LogP contribution < -0.4 is 14.4 Å². The molecule has 0 N–H and O–H groups in total. The van der Waals surface area contributed by atoms with Crippen molar-refractivity contribution in [3.63, 3.8) is 0 Å². The zero-order valence-electron chi connectivity index (χ0n) is 15.4. The molecule has 0 fully saturated rings. The summed E-state index contributed by atoms with van der Waals surface area (Å²) in [4.78, 5) is 14.9. The van der Waals surface area contributed by atoms with Crippen LogP contribution in [0.5, 0.6) is 11.5 Å². The summed E-state index contributed by atoms with van der Waals surface area (Å²) in [5, 5.41) is 0. The molecule has 26 heavy (non-hydrogen) atoms. The predicted octanol–water partition coefficient (Wildman–Crippen LogP) is 5.01. The molecule has 0 radical (unpaired) electrons. The van der Waals surface area contributed by atoms with Crippen molar-refractivity contribution in [1.29, 1.82) is 0 Å². The van der Waals surface area contributed by atoms with Crippen LogP contribution in [0.4, 0.5) is 5.69 Å². The highest BCUT2D eigenvalue weighted by molar-refractivity contribution is 9.10. The fraction of sp³-hybridized carbons (Fsp3) is 0.286. The molecule has 0 unspecified atom stereocenters. The van der Waals surface area contributed by atoms with E-state index in [0.29, 0.717) is 29.5 Å². The fourth-order valence-corrected chi connectivity index (χ4v) is 3.57. The van der Waals surface area contributed by atoms with Crippen LogP contribution in [0.3, 0.4) is 0 Å². The van der Waals surface area contributed by atoms with E-state index in [2.05, 4.69) is 29.8 Å². The first-order valence-electron chi connectivity index (χ1n) is 8.50. The number of anilines is 1. The molecule has 0 saturated heterocycles. The minimum Gasteiger partial charge on any atom is -0.493 e. The Morgan fingerprint density at radius 2 is 1.77 bits per heavy atom. The normalized spacial score (nSPS) is 14.9. The Labute approximate surface area is 162 Å². The number of hydrogen-bond acceptors (Lipinski definition) is 3. The molecule has 2 aromatic rings. The second kappa shape index (κ2) is 7.54. The van der Waals surface area contributed by atoms with Gasteiger partial charge in [-0.3, -0.25) is 4.79 Å². The number of halogens is 1. The van der Waals surface area contributed by atoms with Gasteiger partial charge in [-0.1, -0.05) is 48.0 Å². The second-order valence-corrected chi connectivity index (χ2v) is 7.47. The molecule has 136 valence electrons. The zero-order chi connectivity index (χ0) is 18.8. The molecule has 0 atom stereocenters. The summed E-state index contributed by atoms with van der Waals surface area (Å²) in [6.45, 7) is 4.92. The molecule has 1 amide bonds. The Hall–Kier alpha value is -2.27. The van der Waals surface area contributed by atoms with E-state index in [-0.39, 0.29) is 5.91 Å². The lowest BCUT2D eigenvalue weighted by Gasteiger charge is -2.19. The van der Waals surface area contributed by atoms with E-state index in [9.17, 15) is 4.79 Å². The third kappa shape index (κ3) is 3.36. The van der Waals surface area contributed by atoms with Crippen molar-refractivity contribution in [2.75, 3.05) is 25.7 Å². The van der Waals surface area contributed by atoms with Gasteiger partial charge >= 0.3 is 0 Å². The van der Waals surface area contributed by atoms with Gasteiger partial charge in [-0.25, -0.2) is 0 Å². The number of rotatable bonds is 5. The molecule has 1 heterocycles. The average molecular weight is 416 g/mol. The van der Waals surface area contributed by atoms with E-state index in [1.807, 2.05) is 47.4 Å². The molecule has 5 heteroatoms. The largest absolute Gasteiger partial charge is 0.493 e. The minimum absolute atomic E-state index is 0.0292. The van der Waals surface area contributed by atoms with E-state index in [1.165, 1.54) is 0 Å². The summed E-state index contributed by atoms with van der Waals surface area (Å²) in [5.41, 5.74) is 3.48. The summed E-state index contributed by atoms with van der Waals surface area (Å²) in [6.07, 6.45) is 1.91. The molecule has 1 aliphatic rings. The second-order valence-electron chi connectivity index (χ2n) is 6.61. The van der Waals surface area contributed by atoms with Gasteiger partial charge in [0.25, 0.3) is 5.91 Å². The van der Waals surface area contributed by atoms with Crippen molar-refractivity contribution < 1.29 is 14.3 Å². The molecule has 4 nitrogen and oxygen atoms in total. The topological polar surface area (TPSA) is 38.8 Å². The van der Waals surface area contributed by atoms with Gasteiger partial charge in [0, 0.05) is 22.2 Å². The number of amides is 1. The lowest BCUT2D eigenvalue weighted by Crippen LogP contribution is -2.30. The fourth-order valence-electron chi connectivity index (χ4n) is 3.13. The Morgan fingerprint density at radius 1 is 1.12 bits per heavy atom. The molecule has 3 rings (SSSR count). The van der Waals surface area contributed by atoms with Gasteiger partial charge in [0.05, 0.1) is 19.9 Å². The Kier molecular flexibility index (Phi) is 5.37. The Morgan fingerprint density at radius 3 is 2.42 bits per heavy atom. The maximum atomic E-state index is 13.1. The van der Waals surface area contributed by atoms with Gasteiger partial charge < -0.3 is 14.4 Å². The zero-order valence-corrected chi connectivity index (χ0v) is 17.0. The maximum absolute atomic E-state index is 13.1. The number of carbonyl (C=O) groups is 1. The highest BCUT2D eigenvalue weighted by Crippen LogP contribution is 2.40. The van der Waals surface area contributed by atoms with Crippen molar-refractivity contribution in [3.8, 4) is 11.5 Å². The summed E-state index contributed by atoms with van der Waals surface area (Å²) in [5.74, 6) is 1.68. The number of benzene rings is 2. The summed E-state index contributed by atoms with van der Waals surface area (Å²) >= 11 is 3.57. The molecule has 0 aliphatic carbocycles. The quantitative estimate of drug-likeness (QED) is 0.644. The molecule has 0 aromatic heterocycles. The van der Waals surface area contributed by atoms with E-state index >= 15 is 0 Å². The third-order valence-corrected chi connectivity index (χ3v) is 5.00. The molecule has 1 aliphatic heterocycles. The molecule has 0 spiro atoms. The third-order valence-electron chi connectivity index (χ3n) is 4.31. The van der Waals surface area contributed by atoms with Crippen molar-refractivity contribution in [1.82, 2.24) is 0 Å². The first kappa shape index (κ1) is 18.5. The smallest absolute Gasteiger partial charge is 0.259 e. The molecular formula is C21H22BrNO3. The number of methoxy groups -OCH3 is 2. The van der Waals surface area contributed by atoms with Gasteiger partial charge in [-0.2, -0.15) is 0 Å². The average Bonchev–Trinajstić information content (AvgIpc) is 2.88. The lowest BCUT2D eigenvalue weighted by atomic mass is 10.0. The van der Waals surface area contributed by atoms with Crippen LogP contribution in [-0.2, 0) is 4.79 Å². The maximum Gasteiger partial charge on any atom is 0.259 e. The van der Waals surface area contributed by atoms with Crippen molar-refractivity contribution >= 4 is 39.2 Å². The van der Waals surface area contributed by atoms with Gasteiger partial charge in [0.1, 0.15) is 0 Å². The van der Waals surface area contributed by atoms with Crippen molar-refractivity contribution in [3.05, 3.63) is 52.0 Å². The van der Waals surface area contributed by atoms with Crippen LogP contribution in [0.2, 0.25) is 0 Å². The van der Waals surface area contributed by atoms with Crippen LogP contribution in [0.15, 0.2) is 40.9 Å². The first-order valence-corrected chi connectivity index (χ1v) is 9.30. The predicted molar refractivity (Wildman–Crippen MR) is 109 cm³/mol. The van der Waals surface area contributed by atoms with Crippen LogP contribution in [0.1, 0.15) is 25.0 Å². The highest BCUT2D eigenvalue weighted by atomic mass is 79.9. The van der Waals surface area contributed by atoms with Gasteiger partial charge in [-0.05, 0) is 35.8 Å². The number of nitrogens with zero attached hydrogens (tertiary/aromatic N) is 1. The van der Waals surface area contributed by atoms with Crippen LogP contribution in [-0.4, -0.2) is 26.7 Å². The van der Waals surface area contributed by atoms with E-state index < -0.39 is 0 Å². The number of fused-ring (bicyclic) bond motifs is 1. The first-order chi connectivity index (χ1) is 12.5. The van der Waals surface area contributed by atoms with Crippen molar-refractivity contribution in [2.24, 2.45) is 5.92 Å². The molecular weight excluding hydrogens is 394 g/mol. The molecule has 0 bridgehead atoms. The van der Waals surface area contributed by atoms with Crippen LogP contribution in [0, 0.1) is 5.92 Å². The Balaban J connectivity index is 2.10. The minimum atomic E-state index is 0.0292. The number of ether oxygens (including phenoxy) is 2. The van der Waals surface area contributed by atoms with E-state index in [1.54, 1.807) is 14.2 Å². The van der Waals surface area contributed by atoms with Gasteiger partial charge in [-0.15, -0.1) is 0 Å². The van der Waals surface area contributed by atoms with Crippen LogP contribution in [0.25, 0.3) is 11.6 Å². The highest BCUT2D eigenvalue weighted by Gasteiger charge is 2.32. The number of para-hydroxylation sites is 1. The summed E-state index contributed by atoms with van der Waals surface area (Å²) in [7, 11) is 3.20. The SMILES string of the molecule is COc1cc(Br)c(/C=C2\C(=O)N(CC(C)C)c3ccccc32)cc1OC. The summed E-state index contributed by atoms with van der Waals surface area (Å²) in [6, 6.07) is 11.6. The molecule has 0 saturated carbocycles. The standard InChI is InChI=1S/C21H22BrNO3/c1-13(2)12-23-18-8-6-5-7-15(18)16(21(23)24)9-14-10-19(25-3)20(26-4)11-17(14)22/h5-11,13H,12H2,1-4H3/b16-9-. The van der Waals surface area contributed by atoms with Gasteiger partial charge in [0.2, 0.25) is 0 Å². The monoisotopic (exact) mass is 415 g/mol. The van der Waals surface area contributed by atoms with E-state index in [0.717, 1.165) is 21.3 Å². The van der Waals surface area contributed by atoms with Crippen LogP contribution >= 0.6 is 15.9 Å².